The molecule has 0 saturated heterocycles. The molecule has 0 aliphatic rings. The van der Waals surface area contributed by atoms with Gasteiger partial charge in [-0.1, -0.05) is 18.2 Å². The van der Waals surface area contributed by atoms with Crippen molar-refractivity contribution in [1.82, 2.24) is 29.5 Å². The minimum Gasteiger partial charge on any atom is -0.484 e. The molecule has 158 valence electrons. The molecule has 0 unspecified atom stereocenters. The molecule has 4 rings (SSSR count). The van der Waals surface area contributed by atoms with Crippen molar-refractivity contribution in [2.24, 2.45) is 7.05 Å². The van der Waals surface area contributed by atoms with Crippen molar-refractivity contribution in [3.8, 4) is 22.8 Å². The van der Waals surface area contributed by atoms with Gasteiger partial charge in [0, 0.05) is 31.3 Å². The highest BCUT2D eigenvalue weighted by Crippen LogP contribution is 2.19. The zero-order chi connectivity index (χ0) is 21.8. The Kier molecular flexibility index (Phi) is 5.78. The molecule has 0 bridgehead atoms. The lowest BCUT2D eigenvalue weighted by Gasteiger charge is -2.08. The second kappa shape index (κ2) is 8.82. The Hall–Kier alpha value is -3.95. The third-order valence-corrected chi connectivity index (χ3v) is 4.40. The molecule has 31 heavy (non-hydrogen) atoms. The number of hydrogen-bond acceptors (Lipinski definition) is 6. The number of alkyl halides is 2. The van der Waals surface area contributed by atoms with Crippen LogP contribution in [0.25, 0.3) is 17.1 Å². The number of rotatable bonds is 7. The van der Waals surface area contributed by atoms with Gasteiger partial charge in [0.2, 0.25) is 5.43 Å². The summed E-state index contributed by atoms with van der Waals surface area (Å²) >= 11 is 0. The average Bonchev–Trinajstić information content (AvgIpc) is 3.21. The molecular formula is C21H18F2N6O2. The van der Waals surface area contributed by atoms with Gasteiger partial charge in [0.05, 0.1) is 24.8 Å². The predicted molar refractivity (Wildman–Crippen MR) is 108 cm³/mol. The first-order valence-electron chi connectivity index (χ1n) is 9.38. The van der Waals surface area contributed by atoms with Gasteiger partial charge in [0.1, 0.15) is 18.0 Å². The Labute approximate surface area is 175 Å². The second-order valence-electron chi connectivity index (χ2n) is 6.77. The molecule has 0 aliphatic heterocycles. The Balaban J connectivity index is 1.55. The van der Waals surface area contributed by atoms with E-state index in [0.717, 1.165) is 16.8 Å². The van der Waals surface area contributed by atoms with E-state index in [1.54, 1.807) is 35.0 Å². The zero-order valence-electron chi connectivity index (χ0n) is 16.5. The molecule has 4 aromatic rings. The van der Waals surface area contributed by atoms with Crippen molar-refractivity contribution in [2.75, 3.05) is 6.61 Å². The van der Waals surface area contributed by atoms with Gasteiger partial charge < -0.3 is 4.74 Å². The van der Waals surface area contributed by atoms with Gasteiger partial charge in [-0.2, -0.15) is 10.2 Å². The van der Waals surface area contributed by atoms with Crippen LogP contribution in [0.3, 0.4) is 0 Å². The van der Waals surface area contributed by atoms with Gasteiger partial charge in [-0.15, -0.1) is 0 Å². The largest absolute Gasteiger partial charge is 0.484 e. The summed E-state index contributed by atoms with van der Waals surface area (Å²) in [5.74, 6) is 0.588. The van der Waals surface area contributed by atoms with E-state index in [4.69, 9.17) is 4.74 Å². The third-order valence-electron chi connectivity index (χ3n) is 4.40. The fraction of sp³-hybridized carbons (Fsp3) is 0.190. The maximum atomic E-state index is 12.3. The fourth-order valence-electron chi connectivity index (χ4n) is 2.95. The zero-order valence-corrected chi connectivity index (χ0v) is 16.5. The summed E-state index contributed by atoms with van der Waals surface area (Å²) < 4.78 is 32.6. The molecule has 0 aliphatic carbocycles. The SMILES string of the molecule is Cn1cc(-n2ccc(=O)c(Cc3cccc(-c4ncc(OCC(F)F)cn4)c3)n2)cn1. The minimum absolute atomic E-state index is 0.165. The molecule has 0 saturated carbocycles. The lowest BCUT2D eigenvalue weighted by atomic mass is 10.1. The van der Waals surface area contributed by atoms with Crippen molar-refractivity contribution in [3.63, 3.8) is 0 Å². The van der Waals surface area contributed by atoms with Crippen LogP contribution in [-0.2, 0) is 13.5 Å². The Morgan fingerprint density at radius 3 is 2.65 bits per heavy atom. The summed E-state index contributed by atoms with van der Waals surface area (Å²) in [6.45, 7) is -0.709. The molecule has 10 heteroatoms. The van der Waals surface area contributed by atoms with Crippen molar-refractivity contribution in [3.05, 3.63) is 82.8 Å². The van der Waals surface area contributed by atoms with Gasteiger partial charge in [-0.25, -0.2) is 23.4 Å². The van der Waals surface area contributed by atoms with Gasteiger partial charge in [-0.05, 0) is 11.6 Å². The van der Waals surface area contributed by atoms with Gasteiger partial charge in [0.15, 0.2) is 11.6 Å². The molecule has 0 radical (unpaired) electrons. The molecule has 3 aromatic heterocycles. The molecule has 0 amide bonds. The Morgan fingerprint density at radius 2 is 1.94 bits per heavy atom. The van der Waals surface area contributed by atoms with Crippen LogP contribution in [0.2, 0.25) is 0 Å². The average molecular weight is 424 g/mol. The van der Waals surface area contributed by atoms with E-state index in [0.29, 0.717) is 17.9 Å². The maximum absolute atomic E-state index is 12.3. The number of benzene rings is 1. The van der Waals surface area contributed by atoms with Crippen LogP contribution in [0.4, 0.5) is 8.78 Å². The lowest BCUT2D eigenvalue weighted by Crippen LogP contribution is -2.16. The van der Waals surface area contributed by atoms with Crippen LogP contribution in [0.15, 0.2) is 66.1 Å². The first-order valence-corrected chi connectivity index (χ1v) is 9.38. The summed E-state index contributed by atoms with van der Waals surface area (Å²) in [4.78, 5) is 20.7. The van der Waals surface area contributed by atoms with E-state index < -0.39 is 13.0 Å². The number of aryl methyl sites for hydroxylation is 1. The van der Waals surface area contributed by atoms with Crippen molar-refractivity contribution >= 4 is 0 Å². The van der Waals surface area contributed by atoms with Crippen molar-refractivity contribution < 1.29 is 13.5 Å². The molecule has 0 atom stereocenters. The highest BCUT2D eigenvalue weighted by atomic mass is 19.3. The Bertz CT molecular complexity index is 1240. The van der Waals surface area contributed by atoms with Gasteiger partial charge in [-0.3, -0.25) is 9.48 Å². The van der Waals surface area contributed by atoms with Crippen molar-refractivity contribution in [2.45, 2.75) is 12.8 Å². The summed E-state index contributed by atoms with van der Waals surface area (Å²) in [7, 11) is 1.80. The first kappa shape index (κ1) is 20.3. The number of halogens is 2. The predicted octanol–water partition coefficient (Wildman–Crippen LogP) is 2.66. The maximum Gasteiger partial charge on any atom is 0.272 e. The molecule has 0 fully saturated rings. The highest BCUT2D eigenvalue weighted by molar-refractivity contribution is 5.56. The van der Waals surface area contributed by atoms with E-state index in [1.807, 2.05) is 24.3 Å². The quantitative estimate of drug-likeness (QED) is 0.453. The number of ether oxygens (including phenoxy) is 1. The van der Waals surface area contributed by atoms with Crippen LogP contribution < -0.4 is 10.2 Å². The minimum atomic E-state index is -2.56. The molecular weight excluding hydrogens is 406 g/mol. The molecule has 1 aromatic carbocycles. The standard InChI is InChI=1S/C21H18F2N6O2/c1-28-12-16(9-26-28)29-6-5-19(30)18(27-29)8-14-3-2-4-15(7-14)21-24-10-17(11-25-21)31-13-20(22)23/h2-7,9-12,20H,8,13H2,1H3. The van der Waals surface area contributed by atoms with Crippen LogP contribution in [0, 0.1) is 0 Å². The normalized spacial score (nSPS) is 11.1. The van der Waals surface area contributed by atoms with Gasteiger partial charge in [0.25, 0.3) is 6.43 Å². The van der Waals surface area contributed by atoms with Crippen molar-refractivity contribution in [1.29, 1.82) is 0 Å². The second-order valence-corrected chi connectivity index (χ2v) is 6.77. The molecule has 0 N–H and O–H groups in total. The number of nitrogens with zero attached hydrogens (tertiary/aromatic N) is 6. The van der Waals surface area contributed by atoms with E-state index in [2.05, 4.69) is 20.2 Å². The van der Waals surface area contributed by atoms with E-state index in [-0.39, 0.29) is 11.2 Å². The monoisotopic (exact) mass is 424 g/mol. The fourth-order valence-corrected chi connectivity index (χ4v) is 2.95. The Morgan fingerprint density at radius 1 is 1.13 bits per heavy atom. The molecule has 0 spiro atoms. The van der Waals surface area contributed by atoms with Gasteiger partial charge >= 0.3 is 0 Å². The first-order chi connectivity index (χ1) is 15.0. The van der Waals surface area contributed by atoms with Crippen LogP contribution in [0.5, 0.6) is 5.75 Å². The topological polar surface area (TPSA) is 87.7 Å². The number of hydrogen-bond donors (Lipinski definition) is 0. The lowest BCUT2D eigenvalue weighted by molar-refractivity contribution is 0.0815. The summed E-state index contributed by atoms with van der Waals surface area (Å²) in [5, 5.41) is 8.56. The third kappa shape index (κ3) is 4.97. The van der Waals surface area contributed by atoms with Crippen LogP contribution >= 0.6 is 0 Å². The summed E-state index contributed by atoms with van der Waals surface area (Å²) in [6.07, 6.45) is 5.52. The van der Waals surface area contributed by atoms with E-state index >= 15 is 0 Å². The highest BCUT2D eigenvalue weighted by Gasteiger charge is 2.09. The van der Waals surface area contributed by atoms with E-state index in [9.17, 15) is 13.6 Å². The van der Waals surface area contributed by atoms with Crippen LogP contribution in [0.1, 0.15) is 11.3 Å². The smallest absolute Gasteiger partial charge is 0.272 e. The summed E-state index contributed by atoms with van der Waals surface area (Å²) in [5.41, 5.74) is 2.55. The summed E-state index contributed by atoms with van der Waals surface area (Å²) in [6, 6.07) is 8.87. The van der Waals surface area contributed by atoms with E-state index in [1.165, 1.54) is 18.5 Å². The van der Waals surface area contributed by atoms with Crippen LogP contribution in [-0.4, -0.2) is 42.6 Å². The molecule has 8 nitrogen and oxygen atoms in total. The number of aromatic nitrogens is 6. The molecule has 3 heterocycles.